The summed E-state index contributed by atoms with van der Waals surface area (Å²) in [6.07, 6.45) is 1.95. The second-order valence-electron chi connectivity index (χ2n) is 5.43. The van der Waals surface area contributed by atoms with E-state index in [1.165, 1.54) is 5.56 Å². The second-order valence-corrected chi connectivity index (χ2v) is 7.36. The first kappa shape index (κ1) is 14.3. The van der Waals surface area contributed by atoms with E-state index in [9.17, 15) is 8.42 Å². The molecule has 3 rings (SSSR count). The molecule has 0 bridgehead atoms. The van der Waals surface area contributed by atoms with Crippen LogP contribution in [-0.2, 0) is 10.0 Å². The fraction of sp³-hybridized carbons (Fsp3) is 0.294. The lowest BCUT2D eigenvalue weighted by Crippen LogP contribution is -2.39. The van der Waals surface area contributed by atoms with Gasteiger partial charge in [0.25, 0.3) is 0 Å². The number of benzene rings is 2. The molecule has 0 amide bonds. The highest BCUT2D eigenvalue weighted by Crippen LogP contribution is 2.29. The van der Waals surface area contributed by atoms with E-state index >= 15 is 0 Å². The van der Waals surface area contributed by atoms with Crippen molar-refractivity contribution in [1.82, 2.24) is 4.31 Å². The highest BCUT2D eigenvalue weighted by atomic mass is 32.2. The zero-order chi connectivity index (χ0) is 14.7. The summed E-state index contributed by atoms with van der Waals surface area (Å²) in [6, 6.07) is 18.9. The quantitative estimate of drug-likeness (QED) is 0.872. The minimum Gasteiger partial charge on any atom is -0.207 e. The van der Waals surface area contributed by atoms with E-state index < -0.39 is 10.0 Å². The molecule has 3 nitrogen and oxygen atoms in total. The summed E-state index contributed by atoms with van der Waals surface area (Å²) >= 11 is 0. The van der Waals surface area contributed by atoms with Crippen LogP contribution in [0.25, 0.3) is 0 Å². The van der Waals surface area contributed by atoms with Gasteiger partial charge in [-0.3, -0.25) is 0 Å². The standard InChI is InChI=1S/C17H19NO2S/c19-21(20,17-11-5-2-6-12-17)18-13-7-10-16(14-18)15-8-3-1-4-9-15/h1-6,8-9,11-12,16H,7,10,13-14H2/t16-/m1/s1. The number of nitrogens with zero attached hydrogens (tertiary/aromatic N) is 1. The summed E-state index contributed by atoms with van der Waals surface area (Å²) < 4.78 is 27.0. The molecule has 1 aliphatic rings. The van der Waals surface area contributed by atoms with Crippen molar-refractivity contribution in [2.24, 2.45) is 0 Å². The van der Waals surface area contributed by atoms with Crippen LogP contribution in [0.5, 0.6) is 0 Å². The highest BCUT2D eigenvalue weighted by Gasteiger charge is 2.30. The predicted molar refractivity (Wildman–Crippen MR) is 83.6 cm³/mol. The topological polar surface area (TPSA) is 37.4 Å². The van der Waals surface area contributed by atoms with Gasteiger partial charge in [-0.25, -0.2) is 8.42 Å². The SMILES string of the molecule is O=S(=O)(c1ccccc1)N1CCC[C@@H](c2ccccc2)C1. The fourth-order valence-electron chi connectivity index (χ4n) is 2.90. The maximum absolute atomic E-state index is 12.7. The van der Waals surface area contributed by atoms with E-state index in [4.69, 9.17) is 0 Å². The average Bonchev–Trinajstić information content (AvgIpc) is 2.57. The average molecular weight is 301 g/mol. The van der Waals surface area contributed by atoms with E-state index in [1.54, 1.807) is 28.6 Å². The van der Waals surface area contributed by atoms with Crippen LogP contribution in [0.4, 0.5) is 0 Å². The smallest absolute Gasteiger partial charge is 0.207 e. The molecule has 0 spiro atoms. The third-order valence-electron chi connectivity index (χ3n) is 4.04. The van der Waals surface area contributed by atoms with Crippen molar-refractivity contribution >= 4 is 10.0 Å². The molecule has 0 saturated carbocycles. The normalized spacial score (nSPS) is 20.3. The van der Waals surface area contributed by atoms with Crippen LogP contribution >= 0.6 is 0 Å². The highest BCUT2D eigenvalue weighted by molar-refractivity contribution is 7.89. The zero-order valence-electron chi connectivity index (χ0n) is 11.9. The van der Waals surface area contributed by atoms with Crippen molar-refractivity contribution in [3.05, 3.63) is 66.2 Å². The van der Waals surface area contributed by atoms with E-state index in [2.05, 4.69) is 12.1 Å². The molecule has 0 aromatic heterocycles. The van der Waals surface area contributed by atoms with E-state index in [0.29, 0.717) is 23.9 Å². The van der Waals surface area contributed by atoms with Gasteiger partial charge in [-0.1, -0.05) is 48.5 Å². The number of sulfonamides is 1. The van der Waals surface area contributed by atoms with Gasteiger partial charge in [0.2, 0.25) is 10.0 Å². The Labute approximate surface area is 126 Å². The summed E-state index contributed by atoms with van der Waals surface area (Å²) in [4.78, 5) is 0.388. The summed E-state index contributed by atoms with van der Waals surface area (Å²) in [5.41, 5.74) is 1.23. The molecule has 2 aromatic carbocycles. The Kier molecular flexibility index (Phi) is 4.08. The van der Waals surface area contributed by atoms with Gasteiger partial charge in [0.15, 0.2) is 0 Å². The maximum Gasteiger partial charge on any atom is 0.243 e. The lowest BCUT2D eigenvalue weighted by atomic mass is 9.92. The first-order valence-corrected chi connectivity index (χ1v) is 8.72. The molecular weight excluding hydrogens is 282 g/mol. The Balaban J connectivity index is 1.84. The molecular formula is C17H19NO2S. The van der Waals surface area contributed by atoms with Gasteiger partial charge in [-0.15, -0.1) is 0 Å². The first-order valence-electron chi connectivity index (χ1n) is 7.28. The Morgan fingerprint density at radius 1 is 0.905 bits per heavy atom. The zero-order valence-corrected chi connectivity index (χ0v) is 12.7. The molecule has 0 N–H and O–H groups in total. The first-order chi connectivity index (χ1) is 10.2. The van der Waals surface area contributed by atoms with Crippen molar-refractivity contribution < 1.29 is 8.42 Å². The van der Waals surface area contributed by atoms with Crippen molar-refractivity contribution in [3.63, 3.8) is 0 Å². The molecule has 4 heteroatoms. The van der Waals surface area contributed by atoms with Gasteiger partial charge in [0.1, 0.15) is 0 Å². The Hall–Kier alpha value is -1.65. The Morgan fingerprint density at radius 2 is 1.52 bits per heavy atom. The summed E-state index contributed by atoms with van der Waals surface area (Å²) in [5.74, 6) is 0.290. The van der Waals surface area contributed by atoms with Crippen LogP contribution in [0, 0.1) is 0 Å². The maximum atomic E-state index is 12.7. The Morgan fingerprint density at radius 3 is 2.19 bits per heavy atom. The van der Waals surface area contributed by atoms with Crippen molar-refractivity contribution in [3.8, 4) is 0 Å². The number of rotatable bonds is 3. The molecule has 1 fully saturated rings. The lowest BCUT2D eigenvalue weighted by molar-refractivity contribution is 0.315. The van der Waals surface area contributed by atoms with Crippen molar-refractivity contribution in [2.45, 2.75) is 23.7 Å². The van der Waals surface area contributed by atoms with Crippen LogP contribution in [-0.4, -0.2) is 25.8 Å². The molecule has 0 unspecified atom stereocenters. The van der Waals surface area contributed by atoms with Gasteiger partial charge in [0, 0.05) is 13.1 Å². The van der Waals surface area contributed by atoms with Crippen LogP contribution in [0.2, 0.25) is 0 Å². The molecule has 1 aliphatic heterocycles. The van der Waals surface area contributed by atoms with Crippen LogP contribution in [0.15, 0.2) is 65.6 Å². The van der Waals surface area contributed by atoms with Gasteiger partial charge in [0.05, 0.1) is 4.90 Å². The molecule has 21 heavy (non-hydrogen) atoms. The monoisotopic (exact) mass is 301 g/mol. The number of piperidine rings is 1. The molecule has 110 valence electrons. The fourth-order valence-corrected chi connectivity index (χ4v) is 4.44. The number of hydrogen-bond acceptors (Lipinski definition) is 2. The molecule has 0 radical (unpaired) electrons. The molecule has 2 aromatic rings. The van der Waals surface area contributed by atoms with Gasteiger partial charge < -0.3 is 0 Å². The minimum absolute atomic E-state index is 0.290. The van der Waals surface area contributed by atoms with Crippen molar-refractivity contribution in [2.75, 3.05) is 13.1 Å². The molecule has 1 atom stereocenters. The summed E-state index contributed by atoms with van der Waals surface area (Å²) in [6.45, 7) is 1.18. The second kappa shape index (κ2) is 6.00. The van der Waals surface area contributed by atoms with E-state index in [-0.39, 0.29) is 0 Å². The van der Waals surface area contributed by atoms with Gasteiger partial charge in [-0.05, 0) is 36.5 Å². The third kappa shape index (κ3) is 3.01. The Bertz CT molecular complexity index is 683. The molecule has 1 saturated heterocycles. The van der Waals surface area contributed by atoms with Crippen LogP contribution in [0.1, 0.15) is 24.3 Å². The molecule has 1 heterocycles. The third-order valence-corrected chi connectivity index (χ3v) is 5.92. The summed E-state index contributed by atoms with van der Waals surface area (Å²) in [7, 11) is -3.37. The summed E-state index contributed by atoms with van der Waals surface area (Å²) in [5, 5.41) is 0. The predicted octanol–water partition coefficient (Wildman–Crippen LogP) is 3.25. The largest absolute Gasteiger partial charge is 0.243 e. The van der Waals surface area contributed by atoms with Crippen LogP contribution in [0.3, 0.4) is 0 Å². The molecule has 0 aliphatic carbocycles. The minimum atomic E-state index is -3.37. The van der Waals surface area contributed by atoms with Crippen molar-refractivity contribution in [1.29, 1.82) is 0 Å². The van der Waals surface area contributed by atoms with E-state index in [0.717, 1.165) is 12.8 Å². The lowest BCUT2D eigenvalue weighted by Gasteiger charge is -2.32. The van der Waals surface area contributed by atoms with Gasteiger partial charge in [-0.2, -0.15) is 4.31 Å². The number of hydrogen-bond donors (Lipinski definition) is 0. The van der Waals surface area contributed by atoms with E-state index in [1.807, 2.05) is 24.3 Å². The van der Waals surface area contributed by atoms with Crippen LogP contribution < -0.4 is 0 Å². The van der Waals surface area contributed by atoms with Gasteiger partial charge >= 0.3 is 0 Å².